The van der Waals surface area contributed by atoms with E-state index in [-0.39, 0.29) is 18.0 Å². The van der Waals surface area contributed by atoms with Crippen LogP contribution in [0.3, 0.4) is 0 Å². The van der Waals surface area contributed by atoms with Crippen molar-refractivity contribution in [2.45, 2.75) is 37.3 Å². The van der Waals surface area contributed by atoms with Crippen LogP contribution in [0.2, 0.25) is 0 Å². The summed E-state index contributed by atoms with van der Waals surface area (Å²) in [6.45, 7) is 1.09. The summed E-state index contributed by atoms with van der Waals surface area (Å²) < 4.78 is 5.56. The van der Waals surface area contributed by atoms with Crippen LogP contribution in [0.5, 0.6) is 0 Å². The maximum Gasteiger partial charge on any atom is 0.325 e. The van der Waals surface area contributed by atoms with Crippen LogP contribution in [-0.4, -0.2) is 36.1 Å². The highest BCUT2D eigenvalue weighted by Gasteiger charge is 2.55. The molecule has 21 heavy (non-hydrogen) atoms. The van der Waals surface area contributed by atoms with Crippen LogP contribution < -0.4 is 5.32 Å². The lowest BCUT2D eigenvalue weighted by atomic mass is 9.92. The second-order valence-corrected chi connectivity index (χ2v) is 6.04. The topological polar surface area (TPSA) is 58.6 Å². The fourth-order valence-corrected chi connectivity index (χ4v) is 3.75. The zero-order valence-corrected chi connectivity index (χ0v) is 11.8. The maximum absolute atomic E-state index is 12.9. The van der Waals surface area contributed by atoms with E-state index in [9.17, 15) is 9.59 Å². The number of nitrogens with zero attached hydrogens (tertiary/aromatic N) is 1. The van der Waals surface area contributed by atoms with Crippen LogP contribution in [0.15, 0.2) is 24.3 Å². The Morgan fingerprint density at radius 1 is 1.33 bits per heavy atom. The highest BCUT2D eigenvalue weighted by Crippen LogP contribution is 2.41. The highest BCUT2D eigenvalue weighted by molar-refractivity contribution is 6.08. The van der Waals surface area contributed by atoms with Gasteiger partial charge in [0, 0.05) is 6.61 Å². The summed E-state index contributed by atoms with van der Waals surface area (Å²) in [6, 6.07) is 7.60. The van der Waals surface area contributed by atoms with Gasteiger partial charge in [-0.25, -0.2) is 4.79 Å². The molecule has 5 nitrogen and oxygen atoms in total. The minimum atomic E-state index is -0.841. The van der Waals surface area contributed by atoms with Crippen molar-refractivity contribution in [2.75, 3.05) is 13.2 Å². The summed E-state index contributed by atoms with van der Waals surface area (Å²) in [5.41, 5.74) is 1.27. The Kier molecular flexibility index (Phi) is 2.79. The first-order valence-corrected chi connectivity index (χ1v) is 7.55. The predicted octanol–water partition coefficient (Wildman–Crippen LogP) is 1.56. The predicted molar refractivity (Wildman–Crippen MR) is 75.7 cm³/mol. The van der Waals surface area contributed by atoms with Crippen LogP contribution in [0.1, 0.15) is 30.4 Å². The fraction of sp³-hybridized carbons (Fsp3) is 0.500. The molecule has 4 rings (SSSR count). The number of rotatable bonds is 2. The van der Waals surface area contributed by atoms with Gasteiger partial charge in [-0.1, -0.05) is 24.3 Å². The van der Waals surface area contributed by atoms with Gasteiger partial charge in [0.15, 0.2) is 0 Å². The van der Waals surface area contributed by atoms with Gasteiger partial charge >= 0.3 is 6.03 Å². The van der Waals surface area contributed by atoms with Crippen molar-refractivity contribution in [3.63, 3.8) is 0 Å². The number of benzene rings is 1. The van der Waals surface area contributed by atoms with Gasteiger partial charge in [0.05, 0.1) is 12.6 Å². The van der Waals surface area contributed by atoms with E-state index >= 15 is 0 Å². The standard InChI is InChI=1S/C16H18N2O3/c19-14-16(8-7-11-4-1-2-6-13(11)16)17-15(20)18(14)10-12-5-3-9-21-12/h1-2,4,6,12H,3,5,7-10H2,(H,17,20)/t12-,16+/m1/s1. The average Bonchev–Trinajstić information content (AvgIpc) is 3.17. The molecule has 1 aromatic rings. The molecule has 3 aliphatic rings. The van der Waals surface area contributed by atoms with E-state index in [2.05, 4.69) is 5.32 Å². The first-order valence-electron chi connectivity index (χ1n) is 7.55. The summed E-state index contributed by atoms with van der Waals surface area (Å²) in [6.07, 6.45) is 3.39. The van der Waals surface area contributed by atoms with E-state index in [1.54, 1.807) is 0 Å². The van der Waals surface area contributed by atoms with E-state index in [0.717, 1.165) is 37.0 Å². The number of aryl methyl sites for hydroxylation is 1. The molecule has 1 N–H and O–H groups in total. The molecule has 0 saturated carbocycles. The molecule has 110 valence electrons. The first-order chi connectivity index (χ1) is 10.2. The summed E-state index contributed by atoms with van der Waals surface area (Å²) in [5, 5.41) is 2.94. The van der Waals surface area contributed by atoms with E-state index < -0.39 is 5.54 Å². The Bertz CT molecular complexity index is 609. The molecule has 0 radical (unpaired) electrons. The summed E-state index contributed by atoms with van der Waals surface area (Å²) >= 11 is 0. The normalized spacial score (nSPS) is 31.0. The third kappa shape index (κ3) is 1.80. The number of carbonyl (C=O) groups is 2. The van der Waals surface area contributed by atoms with Crippen LogP contribution in [0.4, 0.5) is 4.79 Å². The second-order valence-electron chi connectivity index (χ2n) is 6.04. The molecule has 2 saturated heterocycles. The van der Waals surface area contributed by atoms with E-state index in [1.807, 2.05) is 24.3 Å². The Morgan fingerprint density at radius 2 is 2.19 bits per heavy atom. The minimum absolute atomic E-state index is 0.00787. The molecule has 1 aromatic carbocycles. The monoisotopic (exact) mass is 286 g/mol. The van der Waals surface area contributed by atoms with Crippen molar-refractivity contribution >= 4 is 11.9 Å². The number of hydrogen-bond acceptors (Lipinski definition) is 3. The van der Waals surface area contributed by atoms with Gasteiger partial charge < -0.3 is 10.1 Å². The van der Waals surface area contributed by atoms with Gasteiger partial charge in [-0.15, -0.1) is 0 Å². The number of urea groups is 1. The number of nitrogens with one attached hydrogen (secondary N) is 1. The van der Waals surface area contributed by atoms with Gasteiger partial charge in [-0.3, -0.25) is 9.69 Å². The molecule has 1 spiro atoms. The molecule has 2 aliphatic heterocycles. The molecule has 2 heterocycles. The van der Waals surface area contributed by atoms with Crippen molar-refractivity contribution in [1.82, 2.24) is 10.2 Å². The van der Waals surface area contributed by atoms with Gasteiger partial charge in [-0.05, 0) is 36.8 Å². The number of hydrogen-bond donors (Lipinski definition) is 1. The third-order valence-electron chi connectivity index (χ3n) is 4.83. The third-order valence-corrected chi connectivity index (χ3v) is 4.83. The smallest absolute Gasteiger partial charge is 0.325 e. The van der Waals surface area contributed by atoms with Gasteiger partial charge in [-0.2, -0.15) is 0 Å². The second kappa shape index (κ2) is 4.56. The SMILES string of the molecule is O=C1N[C@]2(CCc3ccccc32)C(=O)N1C[C@H]1CCCO1. The number of fused-ring (bicyclic) bond motifs is 2. The average molecular weight is 286 g/mol. The van der Waals surface area contributed by atoms with Gasteiger partial charge in [0.2, 0.25) is 0 Å². The quantitative estimate of drug-likeness (QED) is 0.839. The molecule has 2 fully saturated rings. The Hall–Kier alpha value is -1.88. The van der Waals surface area contributed by atoms with Crippen LogP contribution in [-0.2, 0) is 21.5 Å². The number of amides is 3. The zero-order chi connectivity index (χ0) is 14.4. The maximum atomic E-state index is 12.9. The van der Waals surface area contributed by atoms with Crippen molar-refractivity contribution in [2.24, 2.45) is 0 Å². The summed E-state index contributed by atoms with van der Waals surface area (Å²) in [5.74, 6) is -0.118. The molecule has 0 unspecified atom stereocenters. The van der Waals surface area contributed by atoms with Crippen molar-refractivity contribution < 1.29 is 14.3 Å². The number of ether oxygens (including phenoxy) is 1. The van der Waals surface area contributed by atoms with Crippen molar-refractivity contribution in [3.8, 4) is 0 Å². The molecular formula is C16H18N2O3. The van der Waals surface area contributed by atoms with Crippen molar-refractivity contribution in [3.05, 3.63) is 35.4 Å². The van der Waals surface area contributed by atoms with Gasteiger partial charge in [0.25, 0.3) is 5.91 Å². The Morgan fingerprint density at radius 3 is 3.00 bits per heavy atom. The van der Waals surface area contributed by atoms with E-state index in [4.69, 9.17) is 4.74 Å². The van der Waals surface area contributed by atoms with Crippen LogP contribution >= 0.6 is 0 Å². The fourth-order valence-electron chi connectivity index (χ4n) is 3.75. The van der Waals surface area contributed by atoms with Crippen LogP contribution in [0.25, 0.3) is 0 Å². The lowest BCUT2D eigenvalue weighted by Crippen LogP contribution is -2.42. The largest absolute Gasteiger partial charge is 0.376 e. The molecule has 0 bridgehead atoms. The molecular weight excluding hydrogens is 268 g/mol. The summed E-state index contributed by atoms with van der Waals surface area (Å²) in [7, 11) is 0. The van der Waals surface area contributed by atoms with Gasteiger partial charge in [0.1, 0.15) is 5.54 Å². The minimum Gasteiger partial charge on any atom is -0.376 e. The number of imide groups is 1. The van der Waals surface area contributed by atoms with E-state index in [1.165, 1.54) is 4.90 Å². The molecule has 3 amide bonds. The highest BCUT2D eigenvalue weighted by atomic mass is 16.5. The molecule has 1 aliphatic carbocycles. The Labute approximate surface area is 123 Å². The molecule has 0 aromatic heterocycles. The first kappa shape index (κ1) is 12.8. The van der Waals surface area contributed by atoms with Crippen LogP contribution in [0, 0.1) is 0 Å². The molecule has 2 atom stereocenters. The lowest BCUT2D eigenvalue weighted by molar-refractivity contribution is -0.132. The van der Waals surface area contributed by atoms with E-state index in [0.29, 0.717) is 13.0 Å². The van der Waals surface area contributed by atoms with Crippen molar-refractivity contribution in [1.29, 1.82) is 0 Å². The summed E-state index contributed by atoms with van der Waals surface area (Å²) in [4.78, 5) is 26.5. The lowest BCUT2D eigenvalue weighted by Gasteiger charge is -2.23. The molecule has 5 heteroatoms. The Balaban J connectivity index is 1.64. The zero-order valence-electron chi connectivity index (χ0n) is 11.8. The number of carbonyl (C=O) groups excluding carboxylic acids is 2.